The van der Waals surface area contributed by atoms with E-state index >= 15 is 0 Å². The first kappa shape index (κ1) is 20.4. The topological polar surface area (TPSA) is 0 Å². The van der Waals surface area contributed by atoms with Crippen molar-refractivity contribution in [3.63, 3.8) is 0 Å². The van der Waals surface area contributed by atoms with Crippen molar-refractivity contribution in [1.82, 2.24) is 0 Å². The minimum absolute atomic E-state index is 0.812. The van der Waals surface area contributed by atoms with E-state index in [-0.39, 0.29) is 0 Å². The Labute approximate surface area is 168 Å². The fourth-order valence-electron chi connectivity index (χ4n) is 5.60. The molecule has 0 radical (unpaired) electrons. The third-order valence-electron chi connectivity index (χ3n) is 7.40. The van der Waals surface area contributed by atoms with Gasteiger partial charge in [0.05, 0.1) is 0 Å². The molecule has 2 aliphatic rings. The van der Waals surface area contributed by atoms with E-state index in [0.29, 0.717) is 0 Å². The van der Waals surface area contributed by atoms with E-state index in [4.69, 9.17) is 0 Å². The van der Waals surface area contributed by atoms with Crippen LogP contribution in [0.3, 0.4) is 0 Å². The van der Waals surface area contributed by atoms with Crippen LogP contribution in [0.25, 0.3) is 0 Å². The smallest absolute Gasteiger partial charge is 0.0162 e. The highest BCUT2D eigenvalue weighted by Crippen LogP contribution is 2.44. The zero-order valence-corrected chi connectivity index (χ0v) is 17.5. The number of allylic oxidation sites excluding steroid dienone is 3. The second-order valence-electron chi connectivity index (χ2n) is 9.11. The normalized spacial score (nSPS) is 29.1. The second-order valence-corrected chi connectivity index (χ2v) is 9.11. The quantitative estimate of drug-likeness (QED) is 0.407. The number of rotatable bonds is 8. The molecule has 1 aromatic rings. The molecule has 0 saturated heterocycles. The van der Waals surface area contributed by atoms with Gasteiger partial charge >= 0.3 is 0 Å². The van der Waals surface area contributed by atoms with E-state index < -0.39 is 0 Å². The lowest BCUT2D eigenvalue weighted by atomic mass is 9.68. The van der Waals surface area contributed by atoms with Crippen molar-refractivity contribution in [2.45, 2.75) is 89.9 Å². The summed E-state index contributed by atoms with van der Waals surface area (Å²) >= 11 is 0. The molecule has 0 unspecified atom stereocenters. The first-order valence-corrected chi connectivity index (χ1v) is 11.6. The van der Waals surface area contributed by atoms with E-state index in [9.17, 15) is 0 Å². The van der Waals surface area contributed by atoms with Crippen molar-refractivity contribution >= 4 is 0 Å². The minimum Gasteiger partial charge on any atom is -0.103 e. The van der Waals surface area contributed by atoms with E-state index in [1.165, 1.54) is 69.8 Å². The van der Waals surface area contributed by atoms with Crippen LogP contribution in [0.2, 0.25) is 0 Å². The molecule has 0 heteroatoms. The van der Waals surface area contributed by atoms with Crippen LogP contribution in [-0.4, -0.2) is 0 Å². The standard InChI is InChI=1S/C27H40/c1-3-5-7-9-23-12-16-25(17-13-23)27-20-18-26(19-21-27)24-14-10-22(11-15-24)8-6-4-2/h3-5,10-11,14-15,23,25-27H,2,6-9,12-13,16-21H2,1H3/b5-3+. The molecule has 1 aromatic carbocycles. The van der Waals surface area contributed by atoms with Crippen LogP contribution >= 0.6 is 0 Å². The van der Waals surface area contributed by atoms with Gasteiger partial charge in [0.15, 0.2) is 0 Å². The highest BCUT2D eigenvalue weighted by atomic mass is 14.4. The van der Waals surface area contributed by atoms with Gasteiger partial charge in [-0.1, -0.05) is 55.3 Å². The first-order valence-electron chi connectivity index (χ1n) is 11.6. The van der Waals surface area contributed by atoms with Gasteiger partial charge in [0.2, 0.25) is 0 Å². The lowest BCUT2D eigenvalue weighted by Crippen LogP contribution is -2.25. The molecule has 0 amide bonds. The van der Waals surface area contributed by atoms with Crippen molar-refractivity contribution < 1.29 is 0 Å². The molecule has 0 atom stereocenters. The van der Waals surface area contributed by atoms with Crippen LogP contribution < -0.4 is 0 Å². The van der Waals surface area contributed by atoms with Gasteiger partial charge in [-0.05, 0) is 106 Å². The maximum atomic E-state index is 3.83. The summed E-state index contributed by atoms with van der Waals surface area (Å²) < 4.78 is 0. The summed E-state index contributed by atoms with van der Waals surface area (Å²) in [6.07, 6.45) is 23.3. The Morgan fingerprint density at radius 1 is 0.852 bits per heavy atom. The SMILES string of the molecule is C=CCCc1ccc(C2CCC(C3CCC(CC/C=C/C)CC3)CC2)cc1. The van der Waals surface area contributed by atoms with Crippen molar-refractivity contribution in [3.05, 3.63) is 60.2 Å². The zero-order chi connectivity index (χ0) is 18.9. The number of hydrogen-bond acceptors (Lipinski definition) is 0. The third kappa shape index (κ3) is 6.09. The van der Waals surface area contributed by atoms with Gasteiger partial charge in [0.1, 0.15) is 0 Å². The minimum atomic E-state index is 0.812. The molecule has 0 N–H and O–H groups in total. The fraction of sp³-hybridized carbons (Fsp3) is 0.630. The molecular weight excluding hydrogens is 324 g/mol. The summed E-state index contributed by atoms with van der Waals surface area (Å²) in [5.41, 5.74) is 3.04. The van der Waals surface area contributed by atoms with E-state index in [1.807, 2.05) is 6.08 Å². The average Bonchev–Trinajstić information content (AvgIpc) is 2.73. The largest absolute Gasteiger partial charge is 0.103 e. The van der Waals surface area contributed by atoms with Crippen molar-refractivity contribution in [1.29, 1.82) is 0 Å². The summed E-state index contributed by atoms with van der Waals surface area (Å²) in [4.78, 5) is 0. The van der Waals surface area contributed by atoms with Gasteiger partial charge in [-0.15, -0.1) is 6.58 Å². The Kier molecular flexibility index (Phi) is 8.24. The summed E-state index contributed by atoms with van der Waals surface area (Å²) in [6.45, 7) is 5.97. The summed E-state index contributed by atoms with van der Waals surface area (Å²) in [5.74, 6) is 3.87. The monoisotopic (exact) mass is 364 g/mol. The van der Waals surface area contributed by atoms with Gasteiger partial charge in [-0.3, -0.25) is 0 Å². The molecule has 2 saturated carbocycles. The van der Waals surface area contributed by atoms with Crippen molar-refractivity contribution in [3.8, 4) is 0 Å². The Morgan fingerprint density at radius 2 is 1.48 bits per heavy atom. The van der Waals surface area contributed by atoms with Gasteiger partial charge in [0, 0.05) is 0 Å². The molecule has 0 heterocycles. The van der Waals surface area contributed by atoms with Crippen LogP contribution in [-0.2, 0) is 6.42 Å². The molecule has 0 nitrogen and oxygen atoms in total. The van der Waals surface area contributed by atoms with Crippen LogP contribution in [0, 0.1) is 17.8 Å². The predicted molar refractivity (Wildman–Crippen MR) is 119 cm³/mol. The summed E-state index contributed by atoms with van der Waals surface area (Å²) in [6, 6.07) is 9.50. The van der Waals surface area contributed by atoms with E-state index in [1.54, 1.807) is 5.56 Å². The molecule has 0 bridgehead atoms. The molecule has 0 spiro atoms. The Balaban J connectivity index is 1.41. The van der Waals surface area contributed by atoms with Crippen LogP contribution in [0.1, 0.15) is 94.6 Å². The number of benzene rings is 1. The van der Waals surface area contributed by atoms with Crippen LogP contribution in [0.4, 0.5) is 0 Å². The number of hydrogen-bond donors (Lipinski definition) is 0. The highest BCUT2D eigenvalue weighted by Gasteiger charge is 2.31. The molecule has 3 rings (SSSR count). The predicted octanol–water partition coefficient (Wildman–Crippen LogP) is 8.24. The Hall–Kier alpha value is -1.30. The Morgan fingerprint density at radius 3 is 2.07 bits per heavy atom. The first-order chi connectivity index (χ1) is 13.3. The number of aryl methyl sites for hydroxylation is 1. The lowest BCUT2D eigenvalue weighted by Gasteiger charge is -2.38. The lowest BCUT2D eigenvalue weighted by molar-refractivity contribution is 0.157. The molecule has 0 aromatic heterocycles. The van der Waals surface area contributed by atoms with Gasteiger partial charge < -0.3 is 0 Å². The summed E-state index contributed by atoms with van der Waals surface area (Å²) in [5, 5.41) is 0. The fourth-order valence-corrected chi connectivity index (χ4v) is 5.60. The van der Waals surface area contributed by atoms with Crippen molar-refractivity contribution in [2.24, 2.45) is 17.8 Å². The van der Waals surface area contributed by atoms with Gasteiger partial charge in [-0.25, -0.2) is 0 Å². The van der Waals surface area contributed by atoms with Crippen LogP contribution in [0.5, 0.6) is 0 Å². The molecular formula is C27H40. The molecule has 2 fully saturated rings. The average molecular weight is 365 g/mol. The van der Waals surface area contributed by atoms with Gasteiger partial charge in [-0.2, -0.15) is 0 Å². The highest BCUT2D eigenvalue weighted by molar-refractivity contribution is 5.26. The molecule has 27 heavy (non-hydrogen) atoms. The van der Waals surface area contributed by atoms with E-state index in [2.05, 4.69) is 49.9 Å². The van der Waals surface area contributed by atoms with Crippen LogP contribution in [0.15, 0.2) is 49.1 Å². The van der Waals surface area contributed by atoms with Gasteiger partial charge in [0.25, 0.3) is 0 Å². The van der Waals surface area contributed by atoms with E-state index in [0.717, 1.165) is 36.5 Å². The molecule has 0 aliphatic heterocycles. The second kappa shape index (κ2) is 10.9. The maximum Gasteiger partial charge on any atom is -0.0162 e. The molecule has 148 valence electrons. The van der Waals surface area contributed by atoms with Crippen molar-refractivity contribution in [2.75, 3.05) is 0 Å². The molecule has 2 aliphatic carbocycles. The summed E-state index contributed by atoms with van der Waals surface area (Å²) in [7, 11) is 0. The zero-order valence-electron chi connectivity index (χ0n) is 17.5. The Bertz CT molecular complexity index is 563. The maximum absolute atomic E-state index is 3.83. The third-order valence-corrected chi connectivity index (χ3v) is 7.40.